The summed E-state index contributed by atoms with van der Waals surface area (Å²) in [6.07, 6.45) is 1.63. The Morgan fingerprint density at radius 3 is 2.06 bits per heavy atom. The smallest absolute Gasteiger partial charge is 0.274 e. The Kier molecular flexibility index (Phi) is 11.9. The van der Waals surface area contributed by atoms with E-state index >= 15 is 0 Å². The summed E-state index contributed by atoms with van der Waals surface area (Å²) in [5.41, 5.74) is 4.04. The summed E-state index contributed by atoms with van der Waals surface area (Å²) < 4.78 is 11.7. The molecule has 14 heteroatoms. The molecule has 4 heterocycles. The molecule has 13 nitrogen and oxygen atoms in total. The van der Waals surface area contributed by atoms with Crippen molar-refractivity contribution in [1.29, 1.82) is 0 Å². The molecule has 6 aromatic rings. The van der Waals surface area contributed by atoms with E-state index in [0.717, 1.165) is 11.1 Å². The minimum Gasteiger partial charge on any atom is -0.496 e. The predicted molar refractivity (Wildman–Crippen MR) is 236 cm³/mol. The highest BCUT2D eigenvalue weighted by Gasteiger charge is 2.40. The molecule has 0 aliphatic carbocycles. The molecular formula is C48H43ClN6O7. The van der Waals surface area contributed by atoms with Crippen LogP contribution in [0.1, 0.15) is 48.3 Å². The van der Waals surface area contributed by atoms with Crippen LogP contribution in [0.5, 0.6) is 5.75 Å². The number of halogens is 1. The van der Waals surface area contributed by atoms with Gasteiger partial charge < -0.3 is 34.9 Å². The number of fused-ring (bicyclic) bond motifs is 1. The molecule has 0 saturated carbocycles. The molecule has 314 valence electrons. The number of ether oxygens (including phenoxy) is 1. The van der Waals surface area contributed by atoms with Gasteiger partial charge in [0.05, 0.1) is 7.11 Å². The van der Waals surface area contributed by atoms with Crippen LogP contribution in [0.15, 0.2) is 132 Å². The first kappa shape index (κ1) is 41.5. The number of likely N-dealkylation sites (tertiary alicyclic amines) is 2. The van der Waals surface area contributed by atoms with Gasteiger partial charge in [-0.15, -0.1) is 0 Å². The van der Waals surface area contributed by atoms with Crippen molar-refractivity contribution in [2.45, 2.75) is 44.3 Å². The molecule has 62 heavy (non-hydrogen) atoms. The Morgan fingerprint density at radius 2 is 1.44 bits per heavy atom. The summed E-state index contributed by atoms with van der Waals surface area (Å²) in [6.45, 7) is 6.17. The maximum atomic E-state index is 13.9. The van der Waals surface area contributed by atoms with Gasteiger partial charge in [0.1, 0.15) is 46.2 Å². The highest BCUT2D eigenvalue weighted by atomic mass is 35.5. The third-order valence-corrected chi connectivity index (χ3v) is 11.3. The van der Waals surface area contributed by atoms with E-state index in [1.54, 1.807) is 77.7 Å². The van der Waals surface area contributed by atoms with Crippen molar-refractivity contribution in [3.05, 3.63) is 144 Å². The van der Waals surface area contributed by atoms with E-state index in [1.807, 2.05) is 42.5 Å². The number of hydrogen-bond acceptors (Lipinski definition) is 8. The summed E-state index contributed by atoms with van der Waals surface area (Å²) in [4.78, 5) is 74.2. The lowest BCUT2D eigenvalue weighted by atomic mass is 10.0. The second-order valence-electron chi connectivity index (χ2n) is 15.2. The molecule has 8 rings (SSSR count). The van der Waals surface area contributed by atoms with Crippen molar-refractivity contribution >= 4 is 63.3 Å². The van der Waals surface area contributed by atoms with Gasteiger partial charge in [0, 0.05) is 53.3 Å². The molecule has 0 radical (unpaired) electrons. The molecule has 0 unspecified atom stereocenters. The van der Waals surface area contributed by atoms with Gasteiger partial charge in [-0.2, -0.15) is 0 Å². The molecule has 0 spiro atoms. The number of carbonyl (C=O) groups excluding carboxylic acids is 5. The Morgan fingerprint density at radius 1 is 0.790 bits per heavy atom. The van der Waals surface area contributed by atoms with Crippen LogP contribution in [0.3, 0.4) is 0 Å². The zero-order valence-corrected chi connectivity index (χ0v) is 34.8. The SMILES string of the molecule is C=C1CCN(C(=O)c2nc(Cl)cc3c(OC)cccc23)[C@@H]1C(=O)Nc1ccc(-c2ccc(-c3ccc(NC(=O)[C@@H]4CCCN4C(=O)[C@H](NC(C)=O)c4ccccc4)cc3)o2)cc1. The van der Waals surface area contributed by atoms with E-state index in [4.69, 9.17) is 20.8 Å². The second kappa shape index (κ2) is 17.8. The predicted octanol–water partition coefficient (Wildman–Crippen LogP) is 8.04. The minimum absolute atomic E-state index is 0.128. The third-order valence-electron chi connectivity index (χ3n) is 11.2. The van der Waals surface area contributed by atoms with Crippen LogP contribution in [0.2, 0.25) is 5.15 Å². The van der Waals surface area contributed by atoms with E-state index < -0.39 is 29.9 Å². The van der Waals surface area contributed by atoms with Gasteiger partial charge in [-0.1, -0.05) is 60.6 Å². The van der Waals surface area contributed by atoms with Crippen LogP contribution in [-0.2, 0) is 19.2 Å². The maximum Gasteiger partial charge on any atom is 0.274 e. The van der Waals surface area contributed by atoms with E-state index in [2.05, 4.69) is 27.5 Å². The number of benzene rings is 4. The number of rotatable bonds is 11. The van der Waals surface area contributed by atoms with Crippen LogP contribution < -0.4 is 20.7 Å². The first-order valence-electron chi connectivity index (χ1n) is 20.2. The summed E-state index contributed by atoms with van der Waals surface area (Å²) in [5.74, 6) is -0.0360. The molecule has 2 aliphatic heterocycles. The number of carbonyl (C=O) groups is 5. The number of anilines is 2. The fourth-order valence-electron chi connectivity index (χ4n) is 8.12. The first-order valence-corrected chi connectivity index (χ1v) is 20.5. The van der Waals surface area contributed by atoms with E-state index in [-0.39, 0.29) is 28.6 Å². The van der Waals surface area contributed by atoms with Crippen LogP contribution in [0.25, 0.3) is 33.4 Å². The van der Waals surface area contributed by atoms with Crippen LogP contribution >= 0.6 is 11.6 Å². The van der Waals surface area contributed by atoms with Gasteiger partial charge in [-0.25, -0.2) is 4.98 Å². The standard InChI is InChI=1S/C48H43ClN6O7/c1-28-24-26-55(48(60)43-35-11-7-13-40(61-3)36(35)27-41(49)53-43)44(28)46(58)52-34-20-16-31(17-21-34)39-23-22-38(62-39)30-14-18-33(19-15-30)51-45(57)37-12-8-25-54(37)47(59)42(50-29(2)56)32-9-5-4-6-10-32/h4-7,9-11,13-23,27,37,42,44H,1,8,12,24-26H2,2-3H3,(H,50,56)(H,51,57)(H,52,58)/t37-,42+,44-/m0/s1. The maximum absolute atomic E-state index is 13.9. The second-order valence-corrected chi connectivity index (χ2v) is 15.6. The minimum atomic E-state index is -0.911. The molecule has 3 N–H and O–H groups in total. The first-order chi connectivity index (χ1) is 30.0. The summed E-state index contributed by atoms with van der Waals surface area (Å²) in [5, 5.41) is 9.97. The zero-order valence-electron chi connectivity index (χ0n) is 34.0. The van der Waals surface area contributed by atoms with Gasteiger partial charge in [0.2, 0.25) is 17.7 Å². The largest absolute Gasteiger partial charge is 0.496 e. The summed E-state index contributed by atoms with van der Waals surface area (Å²) in [7, 11) is 1.54. The van der Waals surface area contributed by atoms with Gasteiger partial charge in [-0.05, 0) is 103 Å². The fraction of sp³-hybridized carbons (Fsp3) is 0.208. The molecule has 2 aromatic heterocycles. The number of amides is 5. The fourth-order valence-corrected chi connectivity index (χ4v) is 8.31. The lowest BCUT2D eigenvalue weighted by Gasteiger charge is -2.28. The number of pyridine rings is 1. The molecule has 2 saturated heterocycles. The molecule has 0 bridgehead atoms. The monoisotopic (exact) mass is 850 g/mol. The van der Waals surface area contributed by atoms with Crippen molar-refractivity contribution < 1.29 is 33.1 Å². The normalized spacial score (nSPS) is 16.5. The molecule has 2 fully saturated rings. The number of nitrogens with zero attached hydrogens (tertiary/aromatic N) is 3. The summed E-state index contributed by atoms with van der Waals surface area (Å²) >= 11 is 6.34. The van der Waals surface area contributed by atoms with Gasteiger partial charge in [0.25, 0.3) is 11.8 Å². The number of hydrogen-bond donors (Lipinski definition) is 3. The zero-order chi connectivity index (χ0) is 43.5. The molecule has 2 aliphatic rings. The van der Waals surface area contributed by atoms with E-state index in [1.165, 1.54) is 18.9 Å². The molecule has 5 amide bonds. The Bertz CT molecular complexity index is 2700. The Balaban J connectivity index is 0.895. The highest BCUT2D eigenvalue weighted by Crippen LogP contribution is 2.34. The van der Waals surface area contributed by atoms with Crippen LogP contribution in [-0.4, -0.2) is 76.6 Å². The van der Waals surface area contributed by atoms with Crippen molar-refractivity contribution in [3.63, 3.8) is 0 Å². The van der Waals surface area contributed by atoms with Gasteiger partial charge in [-0.3, -0.25) is 24.0 Å². The Labute approximate surface area is 362 Å². The van der Waals surface area contributed by atoms with Crippen molar-refractivity contribution in [1.82, 2.24) is 20.1 Å². The van der Waals surface area contributed by atoms with Crippen LogP contribution in [0.4, 0.5) is 11.4 Å². The number of aromatic nitrogens is 1. The van der Waals surface area contributed by atoms with Gasteiger partial charge >= 0.3 is 0 Å². The number of nitrogens with one attached hydrogen (secondary N) is 3. The lowest BCUT2D eigenvalue weighted by molar-refractivity contribution is -0.140. The van der Waals surface area contributed by atoms with Crippen molar-refractivity contribution in [3.8, 4) is 28.4 Å². The van der Waals surface area contributed by atoms with Gasteiger partial charge in [0.15, 0.2) is 0 Å². The molecule has 4 aromatic carbocycles. The van der Waals surface area contributed by atoms with Crippen LogP contribution in [0, 0.1) is 0 Å². The van der Waals surface area contributed by atoms with Crippen molar-refractivity contribution in [2.75, 3.05) is 30.8 Å². The average Bonchev–Trinajstić information content (AvgIpc) is 4.06. The van der Waals surface area contributed by atoms with E-state index in [0.29, 0.717) is 82.9 Å². The number of methoxy groups -OCH3 is 1. The van der Waals surface area contributed by atoms with Crippen molar-refractivity contribution in [2.24, 2.45) is 0 Å². The Hall–Kier alpha value is -7.25. The number of furan rings is 1. The molecule has 3 atom stereocenters. The quantitative estimate of drug-likeness (QED) is 0.0872. The topological polar surface area (TPSA) is 163 Å². The lowest BCUT2D eigenvalue weighted by Crippen LogP contribution is -2.48. The molecular weight excluding hydrogens is 808 g/mol. The average molecular weight is 851 g/mol. The highest BCUT2D eigenvalue weighted by molar-refractivity contribution is 6.30. The summed E-state index contributed by atoms with van der Waals surface area (Å²) in [6, 6.07) is 31.6. The van der Waals surface area contributed by atoms with E-state index in [9.17, 15) is 24.0 Å². The third kappa shape index (κ3) is 8.52.